The summed E-state index contributed by atoms with van der Waals surface area (Å²) in [6, 6.07) is 0.452. The second kappa shape index (κ2) is 4.91. The van der Waals surface area contributed by atoms with Crippen LogP contribution in [0.15, 0.2) is 12.2 Å². The first kappa shape index (κ1) is 10.2. The highest BCUT2D eigenvalue weighted by Crippen LogP contribution is 1.92. The van der Waals surface area contributed by atoms with E-state index in [4.69, 9.17) is 5.11 Å². The van der Waals surface area contributed by atoms with Gasteiger partial charge in [-0.25, -0.2) is 4.79 Å². The Hall–Kier alpha value is -0.830. The van der Waals surface area contributed by atoms with Crippen LogP contribution < -0.4 is 0 Å². The summed E-state index contributed by atoms with van der Waals surface area (Å²) in [4.78, 5) is 12.1. The second-order valence-corrected chi connectivity index (χ2v) is 2.77. The van der Waals surface area contributed by atoms with Crippen LogP contribution in [-0.2, 0) is 4.79 Å². The monoisotopic (exact) mass is 157 g/mol. The van der Waals surface area contributed by atoms with Crippen LogP contribution in [0.5, 0.6) is 0 Å². The van der Waals surface area contributed by atoms with E-state index >= 15 is 0 Å². The smallest absolute Gasteiger partial charge is 0.328 e. The van der Waals surface area contributed by atoms with Gasteiger partial charge in [-0.15, -0.1) is 0 Å². The molecular formula is C8H15NO2. The summed E-state index contributed by atoms with van der Waals surface area (Å²) >= 11 is 0. The molecule has 0 radical (unpaired) electrons. The molecule has 0 aromatic rings. The summed E-state index contributed by atoms with van der Waals surface area (Å²) in [6.07, 6.45) is 2.81. The fourth-order valence-corrected chi connectivity index (χ4v) is 0.531. The van der Waals surface area contributed by atoms with Crippen molar-refractivity contribution in [1.82, 2.24) is 4.90 Å². The number of nitrogens with zero attached hydrogens (tertiary/aromatic N) is 1. The largest absolute Gasteiger partial charge is 0.478 e. The van der Waals surface area contributed by atoms with Crippen molar-refractivity contribution in [3.05, 3.63) is 12.2 Å². The lowest BCUT2D eigenvalue weighted by Gasteiger charge is -2.18. The van der Waals surface area contributed by atoms with E-state index in [1.807, 2.05) is 7.05 Å². The highest BCUT2D eigenvalue weighted by molar-refractivity contribution is 5.79. The minimum absolute atomic E-state index is 0.452. The molecule has 0 aromatic heterocycles. The van der Waals surface area contributed by atoms with E-state index in [1.165, 1.54) is 6.08 Å². The van der Waals surface area contributed by atoms with Gasteiger partial charge in [-0.2, -0.15) is 0 Å². The third kappa shape index (κ3) is 5.61. The van der Waals surface area contributed by atoms with Crippen LogP contribution in [0.3, 0.4) is 0 Å². The lowest BCUT2D eigenvalue weighted by atomic mass is 10.3. The minimum Gasteiger partial charge on any atom is -0.478 e. The molecule has 0 bridgehead atoms. The number of rotatable bonds is 4. The van der Waals surface area contributed by atoms with Crippen LogP contribution in [0.2, 0.25) is 0 Å². The summed E-state index contributed by atoms with van der Waals surface area (Å²) in [5.41, 5.74) is 0. The van der Waals surface area contributed by atoms with Gasteiger partial charge >= 0.3 is 5.97 Å². The summed E-state index contributed by atoms with van der Waals surface area (Å²) in [5.74, 6) is -0.887. The molecule has 0 aliphatic heterocycles. The molecule has 3 nitrogen and oxygen atoms in total. The normalized spacial score (nSPS) is 11.7. The number of hydrogen-bond acceptors (Lipinski definition) is 2. The molecule has 0 saturated carbocycles. The van der Waals surface area contributed by atoms with Gasteiger partial charge in [0.15, 0.2) is 0 Å². The van der Waals surface area contributed by atoms with Crippen molar-refractivity contribution < 1.29 is 9.90 Å². The molecular weight excluding hydrogens is 142 g/mol. The first-order chi connectivity index (χ1) is 5.04. The number of hydrogen-bond donors (Lipinski definition) is 1. The molecule has 0 aromatic carbocycles. The van der Waals surface area contributed by atoms with Gasteiger partial charge in [0, 0.05) is 18.7 Å². The molecule has 0 fully saturated rings. The molecule has 0 spiro atoms. The van der Waals surface area contributed by atoms with Gasteiger partial charge in [0.25, 0.3) is 0 Å². The quantitative estimate of drug-likeness (QED) is 0.618. The van der Waals surface area contributed by atoms with Crippen LogP contribution in [0.4, 0.5) is 0 Å². The Morgan fingerprint density at radius 2 is 2.18 bits per heavy atom. The molecule has 0 aliphatic rings. The first-order valence-electron chi connectivity index (χ1n) is 3.63. The van der Waals surface area contributed by atoms with Crippen molar-refractivity contribution in [2.75, 3.05) is 13.6 Å². The van der Waals surface area contributed by atoms with Crippen molar-refractivity contribution in [3.63, 3.8) is 0 Å². The van der Waals surface area contributed by atoms with Gasteiger partial charge in [-0.05, 0) is 20.9 Å². The van der Waals surface area contributed by atoms with Crippen LogP contribution in [-0.4, -0.2) is 35.6 Å². The average molecular weight is 157 g/mol. The minimum atomic E-state index is -0.887. The fraction of sp³-hybridized carbons (Fsp3) is 0.625. The lowest BCUT2D eigenvalue weighted by Crippen LogP contribution is -2.26. The van der Waals surface area contributed by atoms with E-state index in [0.29, 0.717) is 12.6 Å². The molecule has 0 atom stereocenters. The van der Waals surface area contributed by atoms with Gasteiger partial charge < -0.3 is 10.0 Å². The predicted octanol–water partition coefficient (Wildman–Crippen LogP) is 0.967. The number of carbonyl (C=O) groups is 1. The molecule has 64 valence electrons. The first-order valence-corrected chi connectivity index (χ1v) is 3.63. The Kier molecular flexibility index (Phi) is 4.54. The van der Waals surface area contributed by atoms with Crippen molar-refractivity contribution in [1.29, 1.82) is 0 Å². The molecule has 11 heavy (non-hydrogen) atoms. The van der Waals surface area contributed by atoms with Crippen molar-refractivity contribution in [3.8, 4) is 0 Å². The van der Waals surface area contributed by atoms with Crippen LogP contribution in [0, 0.1) is 0 Å². The standard InChI is InChI=1S/C8H15NO2/c1-7(2)9(3)6-4-5-8(10)11/h4-5,7H,6H2,1-3H3,(H,10,11)/b5-4+. The molecule has 0 heterocycles. The maximum atomic E-state index is 10.0. The van der Waals surface area contributed by atoms with Crippen molar-refractivity contribution in [2.24, 2.45) is 0 Å². The topological polar surface area (TPSA) is 40.5 Å². The summed E-state index contributed by atoms with van der Waals surface area (Å²) in [5, 5.41) is 8.26. The maximum absolute atomic E-state index is 10.0. The lowest BCUT2D eigenvalue weighted by molar-refractivity contribution is -0.131. The van der Waals surface area contributed by atoms with Gasteiger partial charge in [0.2, 0.25) is 0 Å². The van der Waals surface area contributed by atoms with E-state index in [9.17, 15) is 4.79 Å². The fourth-order valence-electron chi connectivity index (χ4n) is 0.531. The van der Waals surface area contributed by atoms with Crippen LogP contribution in [0.1, 0.15) is 13.8 Å². The maximum Gasteiger partial charge on any atom is 0.328 e. The van der Waals surface area contributed by atoms with E-state index < -0.39 is 5.97 Å². The Morgan fingerprint density at radius 1 is 1.64 bits per heavy atom. The van der Waals surface area contributed by atoms with Crippen LogP contribution in [0.25, 0.3) is 0 Å². The summed E-state index contributed by atoms with van der Waals surface area (Å²) in [7, 11) is 1.96. The highest BCUT2D eigenvalue weighted by atomic mass is 16.4. The molecule has 0 aliphatic carbocycles. The zero-order chi connectivity index (χ0) is 8.85. The number of likely N-dealkylation sites (N-methyl/N-ethyl adjacent to an activating group) is 1. The molecule has 0 amide bonds. The van der Waals surface area contributed by atoms with E-state index in [1.54, 1.807) is 6.08 Å². The van der Waals surface area contributed by atoms with E-state index in [-0.39, 0.29) is 0 Å². The Labute approximate surface area is 67.3 Å². The SMILES string of the molecule is CC(C)N(C)C/C=C/C(=O)O. The number of carboxylic acid groups (broad SMARTS) is 1. The van der Waals surface area contributed by atoms with Crippen molar-refractivity contribution >= 4 is 5.97 Å². The summed E-state index contributed by atoms with van der Waals surface area (Å²) < 4.78 is 0. The second-order valence-electron chi connectivity index (χ2n) is 2.77. The van der Waals surface area contributed by atoms with Gasteiger partial charge in [0.05, 0.1) is 0 Å². The van der Waals surface area contributed by atoms with Crippen LogP contribution >= 0.6 is 0 Å². The zero-order valence-electron chi connectivity index (χ0n) is 7.24. The van der Waals surface area contributed by atoms with Crippen molar-refractivity contribution in [2.45, 2.75) is 19.9 Å². The highest BCUT2D eigenvalue weighted by Gasteiger charge is 1.98. The molecule has 0 unspecified atom stereocenters. The Balaban J connectivity index is 3.61. The van der Waals surface area contributed by atoms with E-state index in [2.05, 4.69) is 18.7 Å². The third-order valence-electron chi connectivity index (χ3n) is 1.54. The summed E-state index contributed by atoms with van der Waals surface area (Å²) in [6.45, 7) is 4.81. The Morgan fingerprint density at radius 3 is 2.55 bits per heavy atom. The third-order valence-corrected chi connectivity index (χ3v) is 1.54. The number of carboxylic acids is 1. The molecule has 1 N–H and O–H groups in total. The molecule has 0 rings (SSSR count). The van der Waals surface area contributed by atoms with E-state index in [0.717, 1.165) is 0 Å². The number of aliphatic carboxylic acids is 1. The molecule has 0 saturated heterocycles. The van der Waals surface area contributed by atoms with Gasteiger partial charge in [0.1, 0.15) is 0 Å². The average Bonchev–Trinajstić information content (AvgIpc) is 1.86. The van der Waals surface area contributed by atoms with Gasteiger partial charge in [-0.1, -0.05) is 6.08 Å². The predicted molar refractivity (Wildman–Crippen MR) is 44.5 cm³/mol. The molecule has 3 heteroatoms. The van der Waals surface area contributed by atoms with Gasteiger partial charge in [-0.3, -0.25) is 0 Å². The zero-order valence-corrected chi connectivity index (χ0v) is 7.24. The Bertz CT molecular complexity index is 152.